The van der Waals surface area contributed by atoms with Crippen LogP contribution in [0.25, 0.3) is 22.6 Å². The molecule has 0 amide bonds. The van der Waals surface area contributed by atoms with E-state index in [1.54, 1.807) is 0 Å². The number of ether oxygens (including phenoxy) is 1. The van der Waals surface area contributed by atoms with E-state index in [0.717, 1.165) is 34.9 Å². The lowest BCUT2D eigenvalue weighted by Crippen LogP contribution is -2.63. The molecule has 0 spiro atoms. The Morgan fingerprint density at radius 3 is 2.41 bits per heavy atom. The molecule has 0 aliphatic heterocycles. The van der Waals surface area contributed by atoms with Gasteiger partial charge < -0.3 is 14.9 Å². The summed E-state index contributed by atoms with van der Waals surface area (Å²) in [5, 5.41) is 0. The van der Waals surface area contributed by atoms with Crippen LogP contribution in [0.1, 0.15) is 44.1 Å². The third-order valence-electron chi connectivity index (χ3n) is 7.09. The Bertz CT molecular complexity index is 982. The van der Waals surface area contributed by atoms with Crippen LogP contribution in [-0.4, -0.2) is 16.1 Å². The van der Waals surface area contributed by atoms with Gasteiger partial charge in [0, 0.05) is 11.1 Å². The van der Waals surface area contributed by atoms with Crippen molar-refractivity contribution in [2.75, 3.05) is 0 Å². The largest absolute Gasteiger partial charge is 0.436 e. The minimum atomic E-state index is 0. The second-order valence-corrected chi connectivity index (χ2v) is 9.48. The standard InChI is InChI=1S/C24H26N2O2.ClH/c25-23-10-17-9-18(11-23)13-24(12-17,15-23)27-14-16-5-7-19(8-6-16)22-26-20-3-1-2-4-21(20)28-22;/h1-8,17-18H,9-15,25H2;1H. The maximum atomic E-state index is 6.69. The summed E-state index contributed by atoms with van der Waals surface area (Å²) in [6, 6.07) is 16.3. The summed E-state index contributed by atoms with van der Waals surface area (Å²) in [5.74, 6) is 2.21. The highest BCUT2D eigenvalue weighted by molar-refractivity contribution is 5.85. The van der Waals surface area contributed by atoms with Gasteiger partial charge in [0.2, 0.25) is 5.89 Å². The normalized spacial score (nSPS) is 32.4. The summed E-state index contributed by atoms with van der Waals surface area (Å²) in [7, 11) is 0. The van der Waals surface area contributed by atoms with Crippen LogP contribution >= 0.6 is 12.4 Å². The van der Waals surface area contributed by atoms with Gasteiger partial charge in [0.25, 0.3) is 0 Å². The third kappa shape index (κ3) is 3.37. The predicted octanol–water partition coefficient (Wildman–Crippen LogP) is 5.48. The number of aromatic nitrogens is 1. The highest BCUT2D eigenvalue weighted by atomic mass is 35.5. The van der Waals surface area contributed by atoms with E-state index in [1.165, 1.54) is 37.7 Å². The van der Waals surface area contributed by atoms with Crippen molar-refractivity contribution >= 4 is 23.5 Å². The molecule has 152 valence electrons. The van der Waals surface area contributed by atoms with Crippen LogP contribution in [0.3, 0.4) is 0 Å². The van der Waals surface area contributed by atoms with Gasteiger partial charge in [-0.15, -0.1) is 12.4 Å². The zero-order valence-electron chi connectivity index (χ0n) is 16.5. The van der Waals surface area contributed by atoms with Crippen molar-refractivity contribution in [1.82, 2.24) is 4.98 Å². The first-order valence-corrected chi connectivity index (χ1v) is 10.5. The van der Waals surface area contributed by atoms with Gasteiger partial charge in [-0.1, -0.05) is 24.3 Å². The Hall–Kier alpha value is -1.88. The predicted molar refractivity (Wildman–Crippen MR) is 116 cm³/mol. The molecule has 0 radical (unpaired) electrons. The lowest BCUT2D eigenvalue weighted by molar-refractivity contribution is -0.175. The molecule has 1 heterocycles. The van der Waals surface area contributed by atoms with Crippen LogP contribution in [-0.2, 0) is 11.3 Å². The molecular formula is C24H27ClN2O2. The first kappa shape index (κ1) is 19.1. The number of hydrogen-bond acceptors (Lipinski definition) is 4. The smallest absolute Gasteiger partial charge is 0.227 e. The molecule has 1 aromatic heterocycles. The van der Waals surface area contributed by atoms with Gasteiger partial charge in [0.1, 0.15) is 5.52 Å². The molecular weight excluding hydrogens is 384 g/mol. The molecule has 5 heteroatoms. The van der Waals surface area contributed by atoms with Gasteiger partial charge in [0.05, 0.1) is 12.2 Å². The van der Waals surface area contributed by atoms with Crippen LogP contribution in [0.4, 0.5) is 0 Å². The van der Waals surface area contributed by atoms with E-state index in [2.05, 4.69) is 29.2 Å². The minimum Gasteiger partial charge on any atom is -0.436 e. The van der Waals surface area contributed by atoms with E-state index in [-0.39, 0.29) is 23.5 Å². The molecule has 2 atom stereocenters. The fourth-order valence-electron chi connectivity index (χ4n) is 6.39. The van der Waals surface area contributed by atoms with Crippen molar-refractivity contribution in [3.8, 4) is 11.5 Å². The first-order valence-electron chi connectivity index (χ1n) is 10.5. The van der Waals surface area contributed by atoms with Gasteiger partial charge >= 0.3 is 0 Å². The number of nitrogens with two attached hydrogens (primary N) is 1. The molecule has 7 rings (SSSR count). The molecule has 2 N–H and O–H groups in total. The van der Waals surface area contributed by atoms with Crippen molar-refractivity contribution in [3.63, 3.8) is 0 Å². The van der Waals surface area contributed by atoms with E-state index >= 15 is 0 Å². The Labute approximate surface area is 177 Å². The SMILES string of the molecule is Cl.NC12CC3CC(C1)CC(OCc1ccc(-c4nc5ccccc5o4)cc1)(C3)C2. The number of para-hydroxylation sites is 2. The highest BCUT2D eigenvalue weighted by Crippen LogP contribution is 2.58. The number of fused-ring (bicyclic) bond motifs is 1. The fraction of sp³-hybridized carbons (Fsp3) is 0.458. The molecule has 4 saturated carbocycles. The first-order chi connectivity index (χ1) is 13.6. The van der Waals surface area contributed by atoms with Crippen LogP contribution in [0, 0.1) is 11.8 Å². The lowest BCUT2D eigenvalue weighted by atomic mass is 9.51. The van der Waals surface area contributed by atoms with Gasteiger partial charge in [-0.2, -0.15) is 0 Å². The van der Waals surface area contributed by atoms with Crippen molar-refractivity contribution < 1.29 is 9.15 Å². The molecule has 4 aliphatic rings. The zero-order chi connectivity index (χ0) is 18.8. The lowest BCUT2D eigenvalue weighted by Gasteiger charge is -2.60. The van der Waals surface area contributed by atoms with Crippen molar-refractivity contribution in [2.24, 2.45) is 17.6 Å². The monoisotopic (exact) mass is 410 g/mol. The minimum absolute atomic E-state index is 0. The molecule has 2 unspecified atom stereocenters. The van der Waals surface area contributed by atoms with E-state index in [4.69, 9.17) is 14.9 Å². The Balaban J connectivity index is 0.00000181. The second kappa shape index (κ2) is 6.83. The summed E-state index contributed by atoms with van der Waals surface area (Å²) in [5.41, 5.74) is 10.6. The zero-order valence-corrected chi connectivity index (χ0v) is 17.3. The van der Waals surface area contributed by atoms with E-state index in [9.17, 15) is 0 Å². The average Bonchev–Trinajstić information content (AvgIpc) is 3.09. The Kier molecular flexibility index (Phi) is 4.50. The third-order valence-corrected chi connectivity index (χ3v) is 7.09. The molecule has 4 bridgehead atoms. The summed E-state index contributed by atoms with van der Waals surface area (Å²) in [6.45, 7) is 0.656. The maximum absolute atomic E-state index is 6.69. The van der Waals surface area contributed by atoms with Gasteiger partial charge in [-0.3, -0.25) is 0 Å². The van der Waals surface area contributed by atoms with Crippen LogP contribution < -0.4 is 5.73 Å². The van der Waals surface area contributed by atoms with Gasteiger partial charge in [-0.05, 0) is 80.2 Å². The molecule has 4 aliphatic carbocycles. The molecule has 3 aromatic rings. The summed E-state index contributed by atoms with van der Waals surface area (Å²) in [4.78, 5) is 4.58. The number of nitrogens with zero attached hydrogens (tertiary/aromatic N) is 1. The van der Waals surface area contributed by atoms with E-state index < -0.39 is 0 Å². The molecule has 4 nitrogen and oxygen atoms in total. The van der Waals surface area contributed by atoms with E-state index in [1.807, 2.05) is 24.3 Å². The average molecular weight is 411 g/mol. The molecule has 0 saturated heterocycles. The topological polar surface area (TPSA) is 61.3 Å². The second-order valence-electron chi connectivity index (χ2n) is 9.48. The van der Waals surface area contributed by atoms with Crippen molar-refractivity contribution in [1.29, 1.82) is 0 Å². The Morgan fingerprint density at radius 1 is 1.00 bits per heavy atom. The van der Waals surface area contributed by atoms with Crippen LogP contribution in [0.2, 0.25) is 0 Å². The number of hydrogen-bond donors (Lipinski definition) is 1. The number of benzene rings is 2. The van der Waals surface area contributed by atoms with Gasteiger partial charge in [-0.25, -0.2) is 4.98 Å². The summed E-state index contributed by atoms with van der Waals surface area (Å²) < 4.78 is 12.4. The number of halogens is 1. The maximum Gasteiger partial charge on any atom is 0.227 e. The molecule has 29 heavy (non-hydrogen) atoms. The molecule has 2 aromatic carbocycles. The van der Waals surface area contributed by atoms with Crippen molar-refractivity contribution in [2.45, 2.75) is 56.3 Å². The van der Waals surface area contributed by atoms with Crippen LogP contribution in [0.5, 0.6) is 0 Å². The van der Waals surface area contributed by atoms with Crippen LogP contribution in [0.15, 0.2) is 52.9 Å². The number of rotatable bonds is 4. The quantitative estimate of drug-likeness (QED) is 0.618. The Morgan fingerprint density at radius 2 is 1.72 bits per heavy atom. The summed E-state index contributed by atoms with van der Waals surface area (Å²) >= 11 is 0. The van der Waals surface area contributed by atoms with E-state index in [0.29, 0.717) is 12.5 Å². The van der Waals surface area contributed by atoms with Crippen molar-refractivity contribution in [3.05, 3.63) is 54.1 Å². The summed E-state index contributed by atoms with van der Waals surface area (Å²) in [6.07, 6.45) is 7.20. The molecule has 4 fully saturated rings. The number of oxazole rings is 1. The van der Waals surface area contributed by atoms with Gasteiger partial charge in [0.15, 0.2) is 5.58 Å². The fourth-order valence-corrected chi connectivity index (χ4v) is 6.39. The highest BCUT2D eigenvalue weighted by Gasteiger charge is 2.56.